The van der Waals surface area contributed by atoms with Crippen molar-refractivity contribution in [3.8, 4) is 11.3 Å². The number of nitrogens with one attached hydrogen (secondary N) is 1. The molecule has 24 heavy (non-hydrogen) atoms. The van der Waals surface area contributed by atoms with E-state index in [-0.39, 0.29) is 18.0 Å². The number of carbonyl (C=O) groups excluding carboxylic acids is 1. The third kappa shape index (κ3) is 3.57. The first kappa shape index (κ1) is 16.9. The zero-order valence-corrected chi connectivity index (χ0v) is 14.8. The number of hydrogen-bond acceptors (Lipinski definition) is 4. The van der Waals surface area contributed by atoms with Crippen molar-refractivity contribution in [2.75, 3.05) is 13.1 Å². The molecule has 0 radical (unpaired) electrons. The number of benzene rings is 1. The Kier molecular flexibility index (Phi) is 4.83. The van der Waals surface area contributed by atoms with Gasteiger partial charge in [-0.25, -0.2) is 9.97 Å². The summed E-state index contributed by atoms with van der Waals surface area (Å²) < 4.78 is 0. The van der Waals surface area contributed by atoms with Crippen molar-refractivity contribution < 1.29 is 4.79 Å². The molecule has 3 rings (SSSR count). The molecule has 2 heterocycles. The van der Waals surface area contributed by atoms with E-state index in [0.717, 1.165) is 16.8 Å². The molecule has 1 fully saturated rings. The standard InChI is InChI=1S/C18H21ClN4O/c1-11-6-14(4-5-15(11)19)16-7-17(21-10-20-16)18(24)23-8-12(2)22-13(3)9-23/h4-7,10,12-13,22H,8-9H2,1-3H3/t12-,13+. The summed E-state index contributed by atoms with van der Waals surface area (Å²) in [5, 5.41) is 4.14. The second kappa shape index (κ2) is 6.87. The number of nitrogens with zero attached hydrogens (tertiary/aromatic N) is 3. The van der Waals surface area contributed by atoms with Crippen LogP contribution in [0.1, 0.15) is 29.9 Å². The van der Waals surface area contributed by atoms with Gasteiger partial charge in [0.15, 0.2) is 0 Å². The number of rotatable bonds is 2. The maximum atomic E-state index is 12.8. The molecule has 1 aromatic carbocycles. The van der Waals surface area contributed by atoms with E-state index in [2.05, 4.69) is 29.1 Å². The molecular formula is C18H21ClN4O. The molecule has 0 unspecified atom stereocenters. The molecule has 1 N–H and O–H groups in total. The topological polar surface area (TPSA) is 58.1 Å². The van der Waals surface area contributed by atoms with Crippen LogP contribution < -0.4 is 5.32 Å². The number of aryl methyl sites for hydroxylation is 1. The van der Waals surface area contributed by atoms with Crippen LogP contribution in [0, 0.1) is 6.92 Å². The van der Waals surface area contributed by atoms with Crippen LogP contribution >= 0.6 is 11.6 Å². The molecule has 1 aromatic heterocycles. The highest BCUT2D eigenvalue weighted by Gasteiger charge is 2.26. The molecule has 1 amide bonds. The molecule has 2 atom stereocenters. The smallest absolute Gasteiger partial charge is 0.272 e. The highest BCUT2D eigenvalue weighted by atomic mass is 35.5. The largest absolute Gasteiger partial charge is 0.334 e. The number of halogens is 1. The number of aromatic nitrogens is 2. The second-order valence-corrected chi connectivity index (χ2v) is 6.84. The van der Waals surface area contributed by atoms with Crippen molar-refractivity contribution in [3.63, 3.8) is 0 Å². The van der Waals surface area contributed by atoms with Gasteiger partial charge < -0.3 is 10.2 Å². The number of amides is 1. The first-order chi connectivity index (χ1) is 11.4. The van der Waals surface area contributed by atoms with E-state index in [9.17, 15) is 4.79 Å². The Bertz CT molecular complexity index is 754. The molecule has 126 valence electrons. The van der Waals surface area contributed by atoms with Gasteiger partial charge in [-0.1, -0.05) is 17.7 Å². The minimum absolute atomic E-state index is 0.0514. The van der Waals surface area contributed by atoms with Crippen LogP contribution in [0.25, 0.3) is 11.3 Å². The fraction of sp³-hybridized carbons (Fsp3) is 0.389. The van der Waals surface area contributed by atoms with Crippen molar-refractivity contribution in [1.29, 1.82) is 0 Å². The quantitative estimate of drug-likeness (QED) is 0.910. The summed E-state index contributed by atoms with van der Waals surface area (Å²) in [6.07, 6.45) is 1.45. The average Bonchev–Trinajstić information content (AvgIpc) is 2.56. The first-order valence-corrected chi connectivity index (χ1v) is 8.45. The normalized spacial score (nSPS) is 20.9. The Morgan fingerprint density at radius 2 is 1.92 bits per heavy atom. The lowest BCUT2D eigenvalue weighted by Gasteiger charge is -2.35. The summed E-state index contributed by atoms with van der Waals surface area (Å²) in [5.74, 6) is -0.0514. The van der Waals surface area contributed by atoms with Gasteiger partial charge in [0.25, 0.3) is 5.91 Å². The molecule has 1 aliphatic heterocycles. The Labute approximate surface area is 147 Å². The fourth-order valence-corrected chi connectivity index (χ4v) is 3.21. The minimum Gasteiger partial charge on any atom is -0.334 e. The van der Waals surface area contributed by atoms with Gasteiger partial charge in [-0.05, 0) is 44.5 Å². The lowest BCUT2D eigenvalue weighted by atomic mass is 10.1. The zero-order valence-electron chi connectivity index (χ0n) is 14.1. The molecule has 5 nitrogen and oxygen atoms in total. The third-order valence-corrected chi connectivity index (χ3v) is 4.61. The summed E-state index contributed by atoms with van der Waals surface area (Å²) in [6.45, 7) is 7.48. The summed E-state index contributed by atoms with van der Waals surface area (Å²) in [4.78, 5) is 23.1. The summed E-state index contributed by atoms with van der Waals surface area (Å²) in [5.41, 5.74) is 3.05. The summed E-state index contributed by atoms with van der Waals surface area (Å²) in [7, 11) is 0. The summed E-state index contributed by atoms with van der Waals surface area (Å²) in [6, 6.07) is 8.02. The third-order valence-electron chi connectivity index (χ3n) is 4.18. The maximum absolute atomic E-state index is 12.8. The molecule has 0 bridgehead atoms. The Hall–Kier alpha value is -1.98. The molecule has 1 aliphatic rings. The molecule has 0 spiro atoms. The highest BCUT2D eigenvalue weighted by Crippen LogP contribution is 2.23. The number of hydrogen-bond donors (Lipinski definition) is 1. The van der Waals surface area contributed by atoms with Gasteiger partial charge >= 0.3 is 0 Å². The zero-order chi connectivity index (χ0) is 17.3. The molecule has 0 aliphatic carbocycles. The van der Waals surface area contributed by atoms with E-state index in [1.54, 1.807) is 6.07 Å². The molecule has 2 aromatic rings. The van der Waals surface area contributed by atoms with Gasteiger partial charge in [-0.15, -0.1) is 0 Å². The van der Waals surface area contributed by atoms with Crippen LogP contribution in [0.3, 0.4) is 0 Å². The Balaban J connectivity index is 1.87. The lowest BCUT2D eigenvalue weighted by molar-refractivity contribution is 0.0667. The van der Waals surface area contributed by atoms with E-state index < -0.39 is 0 Å². The second-order valence-electron chi connectivity index (χ2n) is 6.43. The average molecular weight is 345 g/mol. The number of piperazine rings is 1. The van der Waals surface area contributed by atoms with Gasteiger partial charge in [-0.3, -0.25) is 4.79 Å². The van der Waals surface area contributed by atoms with Crippen LogP contribution in [0.15, 0.2) is 30.6 Å². The van der Waals surface area contributed by atoms with Crippen LogP contribution in [-0.4, -0.2) is 45.9 Å². The molecule has 0 saturated carbocycles. The lowest BCUT2D eigenvalue weighted by Crippen LogP contribution is -2.55. The highest BCUT2D eigenvalue weighted by molar-refractivity contribution is 6.31. The fourth-order valence-electron chi connectivity index (χ4n) is 3.09. The van der Waals surface area contributed by atoms with E-state index in [4.69, 9.17) is 11.6 Å². The van der Waals surface area contributed by atoms with Gasteiger partial charge in [-0.2, -0.15) is 0 Å². The van der Waals surface area contributed by atoms with Gasteiger partial charge in [0.05, 0.1) is 5.69 Å². The van der Waals surface area contributed by atoms with Crippen LogP contribution in [0.2, 0.25) is 5.02 Å². The molecule has 1 saturated heterocycles. The van der Waals surface area contributed by atoms with Crippen molar-refractivity contribution in [3.05, 3.63) is 46.9 Å². The minimum atomic E-state index is -0.0514. The van der Waals surface area contributed by atoms with E-state index >= 15 is 0 Å². The van der Waals surface area contributed by atoms with Crippen molar-refractivity contribution in [2.24, 2.45) is 0 Å². The van der Waals surface area contributed by atoms with Gasteiger partial charge in [0.2, 0.25) is 0 Å². The van der Waals surface area contributed by atoms with Crippen LogP contribution in [-0.2, 0) is 0 Å². The number of carbonyl (C=O) groups is 1. The molecule has 6 heteroatoms. The van der Waals surface area contributed by atoms with E-state index in [0.29, 0.717) is 23.8 Å². The van der Waals surface area contributed by atoms with Crippen LogP contribution in [0.5, 0.6) is 0 Å². The van der Waals surface area contributed by atoms with Gasteiger partial charge in [0.1, 0.15) is 12.0 Å². The Morgan fingerprint density at radius 1 is 1.21 bits per heavy atom. The maximum Gasteiger partial charge on any atom is 0.272 e. The van der Waals surface area contributed by atoms with E-state index in [1.165, 1.54) is 6.33 Å². The Morgan fingerprint density at radius 3 is 2.58 bits per heavy atom. The van der Waals surface area contributed by atoms with Crippen molar-refractivity contribution >= 4 is 17.5 Å². The van der Waals surface area contributed by atoms with E-state index in [1.807, 2.05) is 30.0 Å². The van der Waals surface area contributed by atoms with Crippen LogP contribution in [0.4, 0.5) is 0 Å². The monoisotopic (exact) mass is 344 g/mol. The predicted octanol–water partition coefficient (Wildman–Crippen LogP) is 2.93. The van der Waals surface area contributed by atoms with Crippen molar-refractivity contribution in [2.45, 2.75) is 32.9 Å². The van der Waals surface area contributed by atoms with Crippen molar-refractivity contribution in [1.82, 2.24) is 20.2 Å². The summed E-state index contributed by atoms with van der Waals surface area (Å²) >= 11 is 6.08. The first-order valence-electron chi connectivity index (χ1n) is 8.08. The van der Waals surface area contributed by atoms with Gasteiger partial charge in [0, 0.05) is 35.8 Å². The molecular weight excluding hydrogens is 324 g/mol. The predicted molar refractivity (Wildman–Crippen MR) is 95.2 cm³/mol. The SMILES string of the molecule is Cc1cc(-c2cc(C(=O)N3C[C@@H](C)N[C@@H](C)C3)ncn2)ccc1Cl.